The number of rotatable bonds is 2. The molecule has 1 fully saturated rings. The molecule has 15 heavy (non-hydrogen) atoms. The van der Waals surface area contributed by atoms with Crippen molar-refractivity contribution in [3.63, 3.8) is 0 Å². The molecular weight excluding hydrogens is 186 g/mol. The van der Waals surface area contributed by atoms with Crippen molar-refractivity contribution in [2.24, 2.45) is 0 Å². The molecule has 0 unspecified atom stereocenters. The molecule has 76 valence electrons. The van der Waals surface area contributed by atoms with Crippen LogP contribution in [0, 0.1) is 0 Å². The van der Waals surface area contributed by atoms with E-state index < -0.39 is 0 Å². The van der Waals surface area contributed by atoms with Crippen molar-refractivity contribution in [2.45, 2.75) is 18.3 Å². The summed E-state index contributed by atoms with van der Waals surface area (Å²) in [5, 5.41) is 7.08. The lowest BCUT2D eigenvalue weighted by molar-refractivity contribution is 0.794. The number of anilines is 1. The highest BCUT2D eigenvalue weighted by molar-refractivity contribution is 5.56. The number of benzene rings is 1. The van der Waals surface area contributed by atoms with Crippen molar-refractivity contribution >= 4 is 5.69 Å². The van der Waals surface area contributed by atoms with Crippen LogP contribution < -0.4 is 5.73 Å². The van der Waals surface area contributed by atoms with Gasteiger partial charge in [-0.3, -0.25) is 5.10 Å². The SMILES string of the molecule is Nc1ccccc1C1(c2ccn[nH]2)CC1. The Balaban J connectivity index is 2.12. The van der Waals surface area contributed by atoms with E-state index in [-0.39, 0.29) is 5.41 Å². The minimum atomic E-state index is 0.113. The van der Waals surface area contributed by atoms with Gasteiger partial charge < -0.3 is 5.73 Å². The maximum Gasteiger partial charge on any atom is 0.0490 e. The second-order valence-corrected chi connectivity index (χ2v) is 4.14. The third-order valence-electron chi connectivity index (χ3n) is 3.24. The van der Waals surface area contributed by atoms with Gasteiger partial charge in [-0.2, -0.15) is 5.10 Å². The first kappa shape index (κ1) is 8.53. The number of nitrogen functional groups attached to an aromatic ring is 1. The number of hydrogen-bond acceptors (Lipinski definition) is 2. The summed E-state index contributed by atoms with van der Waals surface area (Å²) in [5.41, 5.74) is 9.42. The molecule has 1 aromatic carbocycles. The summed E-state index contributed by atoms with van der Waals surface area (Å²) in [7, 11) is 0. The second kappa shape index (κ2) is 2.86. The first-order chi connectivity index (χ1) is 7.33. The van der Waals surface area contributed by atoms with Gasteiger partial charge in [-0.05, 0) is 30.5 Å². The highest BCUT2D eigenvalue weighted by Gasteiger charge is 2.48. The number of para-hydroxylation sites is 1. The quantitative estimate of drug-likeness (QED) is 0.727. The molecule has 0 aliphatic heterocycles. The minimum absolute atomic E-state index is 0.113. The molecule has 1 aliphatic carbocycles. The van der Waals surface area contributed by atoms with Crippen molar-refractivity contribution in [3.05, 3.63) is 47.8 Å². The van der Waals surface area contributed by atoms with Crippen LogP contribution in [-0.2, 0) is 5.41 Å². The van der Waals surface area contributed by atoms with Crippen LogP contribution in [0.5, 0.6) is 0 Å². The van der Waals surface area contributed by atoms with E-state index in [0.717, 1.165) is 18.5 Å². The molecule has 3 heteroatoms. The summed E-state index contributed by atoms with van der Waals surface area (Å²) < 4.78 is 0. The summed E-state index contributed by atoms with van der Waals surface area (Å²) in [6, 6.07) is 10.1. The van der Waals surface area contributed by atoms with Crippen LogP contribution >= 0.6 is 0 Å². The average molecular weight is 199 g/mol. The molecule has 2 aromatic rings. The Labute approximate surface area is 88.3 Å². The Hall–Kier alpha value is -1.77. The number of hydrogen-bond donors (Lipinski definition) is 2. The van der Waals surface area contributed by atoms with E-state index in [4.69, 9.17) is 5.73 Å². The molecule has 1 heterocycles. The Morgan fingerprint density at radius 3 is 2.60 bits per heavy atom. The third-order valence-corrected chi connectivity index (χ3v) is 3.24. The van der Waals surface area contributed by atoms with Crippen LogP contribution in [0.2, 0.25) is 0 Å². The molecular formula is C12H13N3. The van der Waals surface area contributed by atoms with Crippen LogP contribution in [0.3, 0.4) is 0 Å². The summed E-state index contributed by atoms with van der Waals surface area (Å²) in [5.74, 6) is 0. The van der Waals surface area contributed by atoms with E-state index in [2.05, 4.69) is 16.3 Å². The predicted octanol–water partition coefficient (Wildman–Crippen LogP) is 2.07. The van der Waals surface area contributed by atoms with E-state index in [0.29, 0.717) is 0 Å². The first-order valence-corrected chi connectivity index (χ1v) is 5.18. The van der Waals surface area contributed by atoms with Crippen LogP contribution in [0.25, 0.3) is 0 Å². The summed E-state index contributed by atoms with van der Waals surface area (Å²) >= 11 is 0. The van der Waals surface area contributed by atoms with Gasteiger partial charge in [-0.1, -0.05) is 18.2 Å². The highest BCUT2D eigenvalue weighted by Crippen LogP contribution is 2.54. The van der Waals surface area contributed by atoms with Crippen molar-refractivity contribution in [1.82, 2.24) is 10.2 Å². The van der Waals surface area contributed by atoms with Gasteiger partial charge in [-0.15, -0.1) is 0 Å². The molecule has 1 aliphatic rings. The fraction of sp³-hybridized carbons (Fsp3) is 0.250. The van der Waals surface area contributed by atoms with Gasteiger partial charge in [0.2, 0.25) is 0 Å². The Bertz CT molecular complexity index is 469. The topological polar surface area (TPSA) is 54.7 Å². The van der Waals surface area contributed by atoms with Gasteiger partial charge >= 0.3 is 0 Å². The van der Waals surface area contributed by atoms with Gasteiger partial charge in [0.1, 0.15) is 0 Å². The third kappa shape index (κ3) is 1.16. The van der Waals surface area contributed by atoms with Crippen LogP contribution in [0.4, 0.5) is 5.69 Å². The fourth-order valence-corrected chi connectivity index (χ4v) is 2.26. The van der Waals surface area contributed by atoms with E-state index in [9.17, 15) is 0 Å². The predicted molar refractivity (Wildman–Crippen MR) is 59.5 cm³/mol. The van der Waals surface area contributed by atoms with Crippen molar-refractivity contribution in [3.8, 4) is 0 Å². The standard InChI is InChI=1S/C12H13N3/c13-10-4-2-1-3-9(10)12(6-7-12)11-5-8-14-15-11/h1-5,8H,6-7,13H2,(H,14,15). The lowest BCUT2D eigenvalue weighted by atomic mass is 9.91. The molecule has 3 nitrogen and oxygen atoms in total. The van der Waals surface area contributed by atoms with Crippen molar-refractivity contribution < 1.29 is 0 Å². The molecule has 3 rings (SSSR count). The molecule has 0 radical (unpaired) electrons. The Morgan fingerprint density at radius 1 is 1.20 bits per heavy atom. The monoisotopic (exact) mass is 199 g/mol. The first-order valence-electron chi connectivity index (χ1n) is 5.18. The van der Waals surface area contributed by atoms with Crippen LogP contribution in [-0.4, -0.2) is 10.2 Å². The molecule has 0 spiro atoms. The number of aromatic amines is 1. The largest absolute Gasteiger partial charge is 0.398 e. The second-order valence-electron chi connectivity index (χ2n) is 4.14. The maximum absolute atomic E-state index is 6.02. The lowest BCUT2D eigenvalue weighted by Gasteiger charge is -2.15. The molecule has 0 saturated heterocycles. The van der Waals surface area contributed by atoms with Gasteiger partial charge in [0.05, 0.1) is 0 Å². The van der Waals surface area contributed by atoms with Gasteiger partial charge in [0.25, 0.3) is 0 Å². The number of H-pyrrole nitrogens is 1. The smallest absolute Gasteiger partial charge is 0.0490 e. The number of nitrogens with one attached hydrogen (secondary N) is 1. The molecule has 1 aromatic heterocycles. The zero-order chi connectivity index (χ0) is 10.3. The normalized spacial score (nSPS) is 17.6. The molecule has 0 bridgehead atoms. The van der Waals surface area contributed by atoms with E-state index in [1.165, 1.54) is 11.3 Å². The molecule has 1 saturated carbocycles. The zero-order valence-electron chi connectivity index (χ0n) is 8.40. The average Bonchev–Trinajstić information content (AvgIpc) is 2.87. The van der Waals surface area contributed by atoms with Crippen molar-refractivity contribution in [1.29, 1.82) is 0 Å². The van der Waals surface area contributed by atoms with Crippen LogP contribution in [0.15, 0.2) is 36.5 Å². The van der Waals surface area contributed by atoms with Gasteiger partial charge in [0.15, 0.2) is 0 Å². The summed E-state index contributed by atoms with van der Waals surface area (Å²) in [4.78, 5) is 0. The minimum Gasteiger partial charge on any atom is -0.398 e. The Kier molecular flexibility index (Phi) is 1.63. The van der Waals surface area contributed by atoms with Gasteiger partial charge in [-0.25, -0.2) is 0 Å². The molecule has 3 N–H and O–H groups in total. The molecule has 0 atom stereocenters. The highest BCUT2D eigenvalue weighted by atomic mass is 15.1. The van der Waals surface area contributed by atoms with E-state index in [1.54, 1.807) is 6.20 Å². The van der Waals surface area contributed by atoms with E-state index in [1.807, 2.05) is 24.3 Å². The fourth-order valence-electron chi connectivity index (χ4n) is 2.26. The summed E-state index contributed by atoms with van der Waals surface area (Å²) in [6.45, 7) is 0. The number of nitrogens with two attached hydrogens (primary N) is 1. The van der Waals surface area contributed by atoms with E-state index >= 15 is 0 Å². The number of nitrogens with zero attached hydrogens (tertiary/aromatic N) is 1. The number of aromatic nitrogens is 2. The zero-order valence-corrected chi connectivity index (χ0v) is 8.40. The summed E-state index contributed by atoms with van der Waals surface area (Å²) in [6.07, 6.45) is 4.11. The Morgan fingerprint density at radius 2 is 2.00 bits per heavy atom. The lowest BCUT2D eigenvalue weighted by Crippen LogP contribution is -2.11. The maximum atomic E-state index is 6.02. The van der Waals surface area contributed by atoms with Crippen molar-refractivity contribution in [2.75, 3.05) is 5.73 Å². The van der Waals surface area contributed by atoms with Gasteiger partial charge in [0, 0.05) is 23.0 Å². The van der Waals surface area contributed by atoms with Crippen LogP contribution in [0.1, 0.15) is 24.1 Å². The molecule has 0 amide bonds.